The summed E-state index contributed by atoms with van der Waals surface area (Å²) in [6.07, 6.45) is -7.34. The zero-order valence-corrected chi connectivity index (χ0v) is 22.1. The standard InChI is InChI=1S/C17H27N3O.3C2HF3O2/c1-21-12-11-19-8-4-17(5-9-19)6-10-20(15-17)14-16-3-2-7-18-13-16;3*3-2(4,5)1(6)7/h2-3,7,13H,4-6,8-12,14-15H2,1H3;3*(H,6,7). The molecule has 3 N–H and O–H groups in total. The lowest BCUT2D eigenvalue weighted by Crippen LogP contribution is -2.42. The molecule has 2 aliphatic rings. The van der Waals surface area contributed by atoms with E-state index in [2.05, 4.69) is 20.9 Å². The molecule has 242 valence electrons. The van der Waals surface area contributed by atoms with E-state index in [1.54, 1.807) is 7.11 Å². The maximum Gasteiger partial charge on any atom is 0.490 e. The summed E-state index contributed by atoms with van der Waals surface area (Å²) in [5.41, 5.74) is 1.92. The first-order valence-electron chi connectivity index (χ1n) is 11.9. The summed E-state index contributed by atoms with van der Waals surface area (Å²) >= 11 is 0. The van der Waals surface area contributed by atoms with Gasteiger partial charge in [0.2, 0.25) is 0 Å². The van der Waals surface area contributed by atoms with E-state index in [-0.39, 0.29) is 0 Å². The molecule has 0 atom stereocenters. The number of alkyl halides is 9. The van der Waals surface area contributed by atoms with Gasteiger partial charge in [0.1, 0.15) is 0 Å². The van der Waals surface area contributed by atoms with Crippen molar-refractivity contribution >= 4 is 17.9 Å². The van der Waals surface area contributed by atoms with Crippen LogP contribution in [0.3, 0.4) is 0 Å². The van der Waals surface area contributed by atoms with Crippen LogP contribution in [-0.2, 0) is 25.7 Å². The number of carbonyl (C=O) groups is 3. The Balaban J connectivity index is 0.000000660. The molecule has 0 aromatic carbocycles. The van der Waals surface area contributed by atoms with Crippen molar-refractivity contribution in [3.05, 3.63) is 30.1 Å². The Labute approximate surface area is 233 Å². The van der Waals surface area contributed by atoms with Crippen LogP contribution < -0.4 is 0 Å². The molecule has 2 fully saturated rings. The van der Waals surface area contributed by atoms with Crippen LogP contribution in [0.25, 0.3) is 0 Å². The molecule has 1 spiro atoms. The predicted octanol–water partition coefficient (Wildman–Crippen LogP) is 3.92. The van der Waals surface area contributed by atoms with E-state index in [1.165, 1.54) is 51.0 Å². The van der Waals surface area contributed by atoms with Gasteiger partial charge >= 0.3 is 36.4 Å². The van der Waals surface area contributed by atoms with E-state index in [0.29, 0.717) is 5.41 Å². The van der Waals surface area contributed by atoms with Crippen molar-refractivity contribution in [2.24, 2.45) is 5.41 Å². The van der Waals surface area contributed by atoms with Crippen LogP contribution in [-0.4, -0.2) is 113 Å². The number of methoxy groups -OCH3 is 1. The van der Waals surface area contributed by atoms with Crippen LogP contribution in [0.5, 0.6) is 0 Å². The van der Waals surface area contributed by atoms with Crippen molar-refractivity contribution in [1.29, 1.82) is 0 Å². The van der Waals surface area contributed by atoms with E-state index in [1.807, 2.05) is 18.5 Å². The van der Waals surface area contributed by atoms with Crippen LogP contribution in [0.2, 0.25) is 0 Å². The van der Waals surface area contributed by atoms with Gasteiger partial charge in [-0.1, -0.05) is 6.07 Å². The summed E-state index contributed by atoms with van der Waals surface area (Å²) in [5, 5.41) is 21.4. The number of aliphatic carboxylic acids is 3. The highest BCUT2D eigenvalue weighted by Crippen LogP contribution is 2.40. The van der Waals surface area contributed by atoms with Gasteiger partial charge in [-0.3, -0.25) is 9.88 Å². The summed E-state index contributed by atoms with van der Waals surface area (Å²) in [7, 11) is 1.79. The Hall–Kier alpha value is -3.19. The van der Waals surface area contributed by atoms with Crippen molar-refractivity contribution in [1.82, 2.24) is 14.8 Å². The van der Waals surface area contributed by atoms with Gasteiger partial charge in [0.05, 0.1) is 6.61 Å². The van der Waals surface area contributed by atoms with Crippen molar-refractivity contribution in [2.45, 2.75) is 44.3 Å². The highest BCUT2D eigenvalue weighted by Gasteiger charge is 2.41. The number of carboxylic acids is 3. The van der Waals surface area contributed by atoms with Crippen LogP contribution in [0.15, 0.2) is 24.5 Å². The summed E-state index contributed by atoms with van der Waals surface area (Å²) < 4.78 is 100. The molecule has 1 aromatic heterocycles. The molecule has 3 rings (SSSR count). The minimum atomic E-state index is -5.08. The van der Waals surface area contributed by atoms with Crippen molar-refractivity contribution in [3.63, 3.8) is 0 Å². The van der Waals surface area contributed by atoms with Crippen LogP contribution in [0.1, 0.15) is 24.8 Å². The maximum atomic E-state index is 10.6. The molecule has 0 unspecified atom stereocenters. The molecule has 0 aliphatic carbocycles. The third-order valence-electron chi connectivity index (χ3n) is 5.90. The summed E-state index contributed by atoms with van der Waals surface area (Å²) in [5.74, 6) is -8.27. The van der Waals surface area contributed by atoms with Crippen LogP contribution >= 0.6 is 0 Å². The first kappa shape index (κ1) is 38.8. The van der Waals surface area contributed by atoms with E-state index in [0.717, 1.165) is 19.7 Å². The van der Waals surface area contributed by atoms with Crippen LogP contribution in [0.4, 0.5) is 39.5 Å². The lowest BCUT2D eigenvalue weighted by Gasteiger charge is -2.39. The molecule has 0 amide bonds. The number of nitrogens with zero attached hydrogens (tertiary/aromatic N) is 3. The fourth-order valence-corrected chi connectivity index (χ4v) is 3.79. The highest BCUT2D eigenvalue weighted by atomic mass is 19.4. The zero-order valence-electron chi connectivity index (χ0n) is 22.1. The van der Waals surface area contributed by atoms with Gasteiger partial charge in [0.25, 0.3) is 0 Å². The Morgan fingerprint density at radius 2 is 1.24 bits per heavy atom. The van der Waals surface area contributed by atoms with Crippen molar-refractivity contribution in [3.8, 4) is 0 Å². The topological polar surface area (TPSA) is 140 Å². The van der Waals surface area contributed by atoms with E-state index < -0.39 is 36.4 Å². The first-order chi connectivity index (χ1) is 19.1. The number of carboxylic acid groups (broad SMARTS) is 3. The third kappa shape index (κ3) is 16.3. The fraction of sp³-hybridized carbons (Fsp3) is 0.652. The molecular weight excluding hydrogens is 601 g/mol. The largest absolute Gasteiger partial charge is 0.490 e. The quantitative estimate of drug-likeness (QED) is 0.410. The van der Waals surface area contributed by atoms with Gasteiger partial charge < -0.3 is 25.0 Å². The molecule has 1 aromatic rings. The van der Waals surface area contributed by atoms with Crippen molar-refractivity contribution in [2.75, 3.05) is 46.4 Å². The van der Waals surface area contributed by atoms with Gasteiger partial charge in [0.15, 0.2) is 0 Å². The third-order valence-corrected chi connectivity index (χ3v) is 5.90. The number of ether oxygens (including phenoxy) is 1. The molecule has 19 heteroatoms. The van der Waals surface area contributed by atoms with E-state index in [4.69, 9.17) is 34.4 Å². The zero-order chi connectivity index (χ0) is 32.8. The smallest absolute Gasteiger partial charge is 0.475 e. The van der Waals surface area contributed by atoms with Gasteiger partial charge in [-0.25, -0.2) is 14.4 Å². The second-order valence-corrected chi connectivity index (χ2v) is 9.07. The molecular formula is C23H30F9N3O7. The lowest BCUT2D eigenvalue weighted by molar-refractivity contribution is -0.193. The summed E-state index contributed by atoms with van der Waals surface area (Å²) in [6, 6.07) is 4.22. The van der Waals surface area contributed by atoms with Gasteiger partial charge in [-0.05, 0) is 55.9 Å². The minimum Gasteiger partial charge on any atom is -0.475 e. The number of piperidine rings is 1. The lowest BCUT2D eigenvalue weighted by atomic mass is 9.78. The number of pyridine rings is 1. The molecule has 42 heavy (non-hydrogen) atoms. The summed E-state index contributed by atoms with van der Waals surface area (Å²) in [6.45, 7) is 8.00. The predicted molar refractivity (Wildman–Crippen MR) is 125 cm³/mol. The normalized spacial score (nSPS) is 17.1. The molecule has 0 bridgehead atoms. The van der Waals surface area contributed by atoms with Gasteiger partial charge in [-0.15, -0.1) is 0 Å². The Kier molecular flexibility index (Phi) is 15.8. The monoisotopic (exact) mass is 631 g/mol. The highest BCUT2D eigenvalue weighted by molar-refractivity contribution is 5.73. The van der Waals surface area contributed by atoms with Gasteiger partial charge in [-0.2, -0.15) is 39.5 Å². The Bertz CT molecular complexity index is 910. The first-order valence-corrected chi connectivity index (χ1v) is 11.9. The molecule has 2 aliphatic heterocycles. The maximum absolute atomic E-state index is 10.6. The molecule has 0 saturated carbocycles. The number of hydrogen-bond acceptors (Lipinski definition) is 7. The molecule has 10 nitrogen and oxygen atoms in total. The van der Waals surface area contributed by atoms with Crippen molar-refractivity contribution < 1.29 is 74.0 Å². The number of hydrogen-bond donors (Lipinski definition) is 3. The minimum absolute atomic E-state index is 0.575. The second kappa shape index (κ2) is 17.1. The number of aromatic nitrogens is 1. The Morgan fingerprint density at radius 1 is 0.833 bits per heavy atom. The van der Waals surface area contributed by atoms with Gasteiger partial charge in [0, 0.05) is 39.1 Å². The van der Waals surface area contributed by atoms with Crippen LogP contribution in [0, 0.1) is 5.41 Å². The molecule has 0 radical (unpaired) electrons. The fourth-order valence-electron chi connectivity index (χ4n) is 3.79. The number of rotatable bonds is 5. The SMILES string of the molecule is COCCN1CCC2(CC1)CCN(Cc1cccnc1)C2.O=C(O)C(F)(F)F.O=C(O)C(F)(F)F.O=C(O)C(F)(F)F. The van der Waals surface area contributed by atoms with E-state index >= 15 is 0 Å². The van der Waals surface area contributed by atoms with E-state index in [9.17, 15) is 39.5 Å². The molecule has 2 saturated heterocycles. The number of halogens is 9. The molecule has 3 heterocycles. The summed E-state index contributed by atoms with van der Waals surface area (Å²) in [4.78, 5) is 36.1. The average Bonchev–Trinajstić information content (AvgIpc) is 3.25. The Morgan fingerprint density at radius 3 is 1.57 bits per heavy atom. The second-order valence-electron chi connectivity index (χ2n) is 9.07. The average molecular weight is 631 g/mol. The number of likely N-dealkylation sites (tertiary alicyclic amines) is 2.